The molecule has 31 heavy (non-hydrogen) atoms. The number of halogens is 2. The highest BCUT2D eigenvalue weighted by atomic mass is 35.5. The molecule has 1 atom stereocenters. The van der Waals surface area contributed by atoms with E-state index >= 15 is 0 Å². The lowest BCUT2D eigenvalue weighted by Gasteiger charge is -2.15. The quantitative estimate of drug-likeness (QED) is 0.233. The van der Waals surface area contributed by atoms with Crippen molar-refractivity contribution < 1.29 is 13.2 Å². The maximum Gasteiger partial charge on any atom is 0.231 e. The van der Waals surface area contributed by atoms with E-state index in [-0.39, 0.29) is 10.7 Å². The smallest absolute Gasteiger partial charge is 0.231 e. The molecule has 0 saturated carbocycles. The van der Waals surface area contributed by atoms with Crippen LogP contribution in [0.15, 0.2) is 43.1 Å². The first kappa shape index (κ1) is 21.2. The lowest BCUT2D eigenvalue weighted by Crippen LogP contribution is -2.17. The zero-order valence-electron chi connectivity index (χ0n) is 16.0. The molecule has 3 heterocycles. The summed E-state index contributed by atoms with van der Waals surface area (Å²) in [5.74, 6) is -0.165. The lowest BCUT2D eigenvalue weighted by atomic mass is 10.1. The number of rotatable bonds is 8. The fraction of sp³-hybridized carbons (Fsp3) is 0.158. The lowest BCUT2D eigenvalue weighted by molar-refractivity contribution is 0.547. The molecule has 9 nitrogen and oxygen atoms in total. The van der Waals surface area contributed by atoms with Gasteiger partial charge < -0.3 is 10.3 Å². The van der Waals surface area contributed by atoms with Crippen molar-refractivity contribution in [1.82, 2.24) is 29.6 Å². The minimum atomic E-state index is -2.07. The number of aryl methyl sites for hydroxylation is 1. The summed E-state index contributed by atoms with van der Waals surface area (Å²) in [4.78, 5) is 19.9. The van der Waals surface area contributed by atoms with E-state index < -0.39 is 17.1 Å². The number of pyridine rings is 1. The third-order valence-electron chi connectivity index (χ3n) is 4.55. The van der Waals surface area contributed by atoms with Gasteiger partial charge in [0.05, 0.1) is 17.0 Å². The third-order valence-corrected chi connectivity index (χ3v) is 5.43. The maximum absolute atomic E-state index is 14.6. The van der Waals surface area contributed by atoms with Gasteiger partial charge in [0, 0.05) is 18.3 Å². The van der Waals surface area contributed by atoms with Crippen molar-refractivity contribution in [2.24, 2.45) is 0 Å². The van der Waals surface area contributed by atoms with Gasteiger partial charge in [0.1, 0.15) is 29.2 Å². The molecule has 4 N–H and O–H groups in total. The first-order chi connectivity index (χ1) is 15.0. The summed E-state index contributed by atoms with van der Waals surface area (Å²) < 4.78 is 36.5. The van der Waals surface area contributed by atoms with Crippen molar-refractivity contribution in [3.8, 4) is 11.3 Å². The van der Waals surface area contributed by atoms with E-state index in [9.17, 15) is 8.60 Å². The van der Waals surface area contributed by atoms with Gasteiger partial charge in [-0.15, -0.1) is 0 Å². The molecule has 0 spiro atoms. The van der Waals surface area contributed by atoms with Crippen molar-refractivity contribution in [3.05, 3.63) is 59.5 Å². The Morgan fingerprint density at radius 3 is 2.90 bits per heavy atom. The summed E-state index contributed by atoms with van der Waals surface area (Å²) >= 11 is 4.41. The summed E-state index contributed by atoms with van der Waals surface area (Å²) in [5.41, 5.74) is 3.11. The van der Waals surface area contributed by atoms with Crippen molar-refractivity contribution in [2.45, 2.75) is 12.8 Å². The van der Waals surface area contributed by atoms with Crippen LogP contribution < -0.4 is 10.0 Å². The number of benzene rings is 1. The first-order valence-corrected chi connectivity index (χ1v) is 10.7. The van der Waals surface area contributed by atoms with Gasteiger partial charge in [-0.1, -0.05) is 17.7 Å². The Balaban J connectivity index is 1.65. The predicted octanol–water partition coefficient (Wildman–Crippen LogP) is 3.61. The number of aromatic amines is 1. The molecule has 0 radical (unpaired) electrons. The fourth-order valence-corrected chi connectivity index (χ4v) is 3.74. The van der Waals surface area contributed by atoms with E-state index in [0.29, 0.717) is 53.2 Å². The maximum atomic E-state index is 14.6. The van der Waals surface area contributed by atoms with Gasteiger partial charge in [-0.2, -0.15) is 0 Å². The number of fused-ring (bicyclic) bond motifs is 1. The highest BCUT2D eigenvalue weighted by molar-refractivity contribution is 7.77. The first-order valence-electron chi connectivity index (χ1n) is 9.22. The molecule has 4 aromatic rings. The Kier molecular flexibility index (Phi) is 6.47. The topological polar surface area (TPSA) is 129 Å². The van der Waals surface area contributed by atoms with Crippen LogP contribution in [-0.2, 0) is 17.7 Å². The second-order valence-electron chi connectivity index (χ2n) is 6.49. The van der Waals surface area contributed by atoms with Crippen molar-refractivity contribution in [3.63, 3.8) is 0 Å². The third kappa shape index (κ3) is 4.69. The van der Waals surface area contributed by atoms with Gasteiger partial charge in [0.25, 0.3) is 0 Å². The Bertz CT molecular complexity index is 1250. The molecule has 1 aromatic carbocycles. The van der Waals surface area contributed by atoms with Gasteiger partial charge in [0.2, 0.25) is 11.3 Å². The fourth-order valence-electron chi connectivity index (χ4n) is 3.13. The number of aromatic nitrogens is 5. The molecule has 0 aliphatic carbocycles. The van der Waals surface area contributed by atoms with Crippen molar-refractivity contribution in [1.29, 1.82) is 0 Å². The molecule has 0 bridgehead atoms. The summed E-state index contributed by atoms with van der Waals surface area (Å²) in [6, 6.07) is 6.46. The molecule has 0 saturated heterocycles. The molecular weight excluding hydrogens is 445 g/mol. The van der Waals surface area contributed by atoms with Crippen LogP contribution in [0.4, 0.5) is 15.9 Å². The molecule has 12 heteroatoms. The Hall–Kier alpha value is -2.99. The standard InChI is InChI=1S/C19H17ClFN7O2S/c20-14-11(3-1-8-27-31(29)30)5-6-13(21)16(14)28-18-12(4-2-7-22-18)15-17-19(25-9-23-15)26-10-24-17/h2,4-7,9-10,27H,1,3,8H2,(H,22,28)(H,29,30)(H,23,24,25,26). The van der Waals surface area contributed by atoms with Crippen LogP contribution in [0.2, 0.25) is 5.02 Å². The van der Waals surface area contributed by atoms with Gasteiger partial charge in [-0.05, 0) is 36.6 Å². The molecule has 3 aromatic heterocycles. The van der Waals surface area contributed by atoms with E-state index in [1.807, 2.05) is 0 Å². The molecule has 0 amide bonds. The number of hydrogen-bond acceptors (Lipinski definition) is 6. The number of hydrogen-bond donors (Lipinski definition) is 4. The molecular formula is C19H17ClFN7O2S. The summed E-state index contributed by atoms with van der Waals surface area (Å²) in [7, 11) is 0. The van der Waals surface area contributed by atoms with Crippen LogP contribution in [0.25, 0.3) is 22.4 Å². The van der Waals surface area contributed by atoms with E-state index in [2.05, 4.69) is 35.0 Å². The average Bonchev–Trinajstić information content (AvgIpc) is 3.25. The summed E-state index contributed by atoms with van der Waals surface area (Å²) in [5, 5.41) is 3.22. The Labute approximate surface area is 183 Å². The molecule has 0 aliphatic heterocycles. The minimum Gasteiger partial charge on any atom is -0.341 e. The molecule has 160 valence electrons. The normalized spacial score (nSPS) is 12.2. The van der Waals surface area contributed by atoms with Crippen LogP contribution in [0.1, 0.15) is 12.0 Å². The second-order valence-corrected chi connectivity index (χ2v) is 7.66. The number of imidazole rings is 1. The van der Waals surface area contributed by atoms with Gasteiger partial charge >= 0.3 is 0 Å². The van der Waals surface area contributed by atoms with Crippen molar-refractivity contribution in [2.75, 3.05) is 11.9 Å². The number of nitrogens with zero attached hydrogens (tertiary/aromatic N) is 4. The number of H-pyrrole nitrogens is 1. The van der Waals surface area contributed by atoms with E-state index in [4.69, 9.17) is 16.2 Å². The number of nitrogens with one attached hydrogen (secondary N) is 3. The van der Waals surface area contributed by atoms with Crippen LogP contribution in [0.3, 0.4) is 0 Å². The molecule has 0 aliphatic rings. The van der Waals surface area contributed by atoms with E-state index in [0.717, 1.165) is 0 Å². The molecule has 4 rings (SSSR count). The largest absolute Gasteiger partial charge is 0.341 e. The Morgan fingerprint density at radius 2 is 2.06 bits per heavy atom. The Morgan fingerprint density at radius 1 is 1.19 bits per heavy atom. The van der Waals surface area contributed by atoms with Gasteiger partial charge in [0.15, 0.2) is 5.65 Å². The zero-order chi connectivity index (χ0) is 21.8. The highest BCUT2D eigenvalue weighted by Gasteiger charge is 2.17. The predicted molar refractivity (Wildman–Crippen MR) is 117 cm³/mol. The van der Waals surface area contributed by atoms with Gasteiger partial charge in [-0.25, -0.2) is 33.3 Å². The number of anilines is 2. The SMILES string of the molecule is O=S(O)NCCCc1ccc(F)c(Nc2ncccc2-c2ncnc3nc[nH]c23)c1Cl. The van der Waals surface area contributed by atoms with Crippen molar-refractivity contribution >= 4 is 45.5 Å². The van der Waals surface area contributed by atoms with Crippen LogP contribution in [-0.4, -0.2) is 40.2 Å². The average molecular weight is 462 g/mol. The molecule has 1 unspecified atom stereocenters. The second kappa shape index (κ2) is 9.43. The summed E-state index contributed by atoms with van der Waals surface area (Å²) in [6.45, 7) is 0.317. The minimum absolute atomic E-state index is 0.0905. The highest BCUT2D eigenvalue weighted by Crippen LogP contribution is 2.35. The zero-order valence-corrected chi connectivity index (χ0v) is 17.5. The van der Waals surface area contributed by atoms with Crippen LogP contribution >= 0.6 is 11.6 Å². The molecule has 0 fully saturated rings. The monoisotopic (exact) mass is 461 g/mol. The van der Waals surface area contributed by atoms with E-state index in [1.54, 1.807) is 24.4 Å². The van der Waals surface area contributed by atoms with Crippen LogP contribution in [0.5, 0.6) is 0 Å². The van der Waals surface area contributed by atoms with Gasteiger partial charge in [-0.3, -0.25) is 4.55 Å². The van der Waals surface area contributed by atoms with Crippen LogP contribution in [0, 0.1) is 5.82 Å². The summed E-state index contributed by atoms with van der Waals surface area (Å²) in [6.07, 6.45) is 5.54. The van der Waals surface area contributed by atoms with E-state index in [1.165, 1.54) is 18.7 Å².